The molecule has 6 heteroatoms. The molecule has 1 unspecified atom stereocenters. The van der Waals surface area contributed by atoms with Crippen LogP contribution in [0.15, 0.2) is 0 Å². The first-order valence-electron chi connectivity index (χ1n) is 4.67. The number of amides is 1. The molecule has 0 radical (unpaired) electrons. The highest BCUT2D eigenvalue weighted by Gasteiger charge is 2.51. The maximum atomic E-state index is 11.7. The summed E-state index contributed by atoms with van der Waals surface area (Å²) < 4.78 is 9.32. The Hall–Kier alpha value is -1.59. The Labute approximate surface area is 94.1 Å². The molecule has 1 amide bonds. The van der Waals surface area contributed by atoms with Crippen molar-refractivity contribution in [2.24, 2.45) is 11.1 Å². The van der Waals surface area contributed by atoms with Gasteiger partial charge in [0.05, 0.1) is 7.11 Å². The van der Waals surface area contributed by atoms with Crippen LogP contribution >= 0.6 is 0 Å². The lowest BCUT2D eigenvalue weighted by atomic mass is 9.89. The Bertz CT molecular complexity index is 318. The van der Waals surface area contributed by atoms with E-state index in [2.05, 4.69) is 4.74 Å². The van der Waals surface area contributed by atoms with Gasteiger partial charge < -0.3 is 15.2 Å². The molecule has 92 valence electrons. The van der Waals surface area contributed by atoms with Crippen LogP contribution < -0.4 is 5.73 Å². The summed E-state index contributed by atoms with van der Waals surface area (Å²) in [6.07, 6.45) is 0. The van der Waals surface area contributed by atoms with Crippen LogP contribution in [-0.2, 0) is 23.9 Å². The molecule has 6 nitrogen and oxygen atoms in total. The Morgan fingerprint density at radius 2 is 1.44 bits per heavy atom. The maximum absolute atomic E-state index is 11.7. The van der Waals surface area contributed by atoms with E-state index in [9.17, 15) is 14.4 Å². The van der Waals surface area contributed by atoms with Crippen LogP contribution in [0.3, 0.4) is 0 Å². The van der Waals surface area contributed by atoms with Crippen molar-refractivity contribution in [2.45, 2.75) is 33.3 Å². The van der Waals surface area contributed by atoms with Gasteiger partial charge in [-0.05, 0) is 27.7 Å². The van der Waals surface area contributed by atoms with Gasteiger partial charge in [0.1, 0.15) is 5.60 Å². The molecule has 0 heterocycles. The summed E-state index contributed by atoms with van der Waals surface area (Å²) in [6, 6.07) is 0. The smallest absolute Gasteiger partial charge is 0.333 e. The molecule has 0 rings (SSSR count). The van der Waals surface area contributed by atoms with Crippen molar-refractivity contribution in [3.63, 3.8) is 0 Å². The Balaban J connectivity index is 5.16. The SMILES string of the molecule is COC(=O)C(C)(C(N)=O)C(=O)OC(C)(C)C. The minimum atomic E-state index is -2.11. The third-order valence-electron chi connectivity index (χ3n) is 1.89. The summed E-state index contributed by atoms with van der Waals surface area (Å²) >= 11 is 0. The van der Waals surface area contributed by atoms with Crippen molar-refractivity contribution in [1.29, 1.82) is 0 Å². The number of ether oxygens (including phenoxy) is 2. The predicted molar refractivity (Wildman–Crippen MR) is 55.2 cm³/mol. The second-order valence-electron chi connectivity index (χ2n) is 4.48. The molecule has 0 saturated heterocycles. The maximum Gasteiger partial charge on any atom is 0.333 e. The third kappa shape index (κ3) is 2.95. The fraction of sp³-hybridized carbons (Fsp3) is 0.700. The standard InChI is InChI=1S/C10H17NO5/c1-9(2,3)16-8(14)10(4,6(11)12)7(13)15-5/h1-5H3,(H2,11,12). The van der Waals surface area contributed by atoms with E-state index >= 15 is 0 Å². The van der Waals surface area contributed by atoms with Crippen LogP contribution in [0.25, 0.3) is 0 Å². The van der Waals surface area contributed by atoms with Crippen LogP contribution in [0.1, 0.15) is 27.7 Å². The number of hydrogen-bond acceptors (Lipinski definition) is 5. The van der Waals surface area contributed by atoms with Crippen molar-refractivity contribution in [3.8, 4) is 0 Å². The zero-order valence-corrected chi connectivity index (χ0v) is 10.1. The van der Waals surface area contributed by atoms with Crippen LogP contribution in [0.4, 0.5) is 0 Å². The second-order valence-corrected chi connectivity index (χ2v) is 4.48. The molecule has 0 bridgehead atoms. The van der Waals surface area contributed by atoms with Crippen LogP contribution in [0, 0.1) is 5.41 Å². The molecule has 0 aromatic carbocycles. The molecule has 1 atom stereocenters. The van der Waals surface area contributed by atoms with Crippen LogP contribution in [0.5, 0.6) is 0 Å². The number of carbonyl (C=O) groups excluding carboxylic acids is 3. The van der Waals surface area contributed by atoms with Gasteiger partial charge >= 0.3 is 11.9 Å². The average molecular weight is 231 g/mol. The topological polar surface area (TPSA) is 95.7 Å². The number of esters is 2. The number of hydrogen-bond donors (Lipinski definition) is 1. The van der Waals surface area contributed by atoms with Gasteiger partial charge in [-0.1, -0.05) is 0 Å². The van der Waals surface area contributed by atoms with Crippen molar-refractivity contribution >= 4 is 17.8 Å². The summed E-state index contributed by atoms with van der Waals surface area (Å²) in [5, 5.41) is 0. The second kappa shape index (κ2) is 4.51. The monoisotopic (exact) mass is 231 g/mol. The van der Waals surface area contributed by atoms with Crippen molar-refractivity contribution in [1.82, 2.24) is 0 Å². The Morgan fingerprint density at radius 1 is 1.00 bits per heavy atom. The predicted octanol–water partition coefficient (Wildman–Crippen LogP) is -0.00730. The van der Waals surface area contributed by atoms with E-state index in [1.165, 1.54) is 0 Å². The zero-order chi connectivity index (χ0) is 13.1. The first-order valence-corrected chi connectivity index (χ1v) is 4.67. The van der Waals surface area contributed by atoms with E-state index in [0.29, 0.717) is 0 Å². The van der Waals surface area contributed by atoms with E-state index in [4.69, 9.17) is 10.5 Å². The summed E-state index contributed by atoms with van der Waals surface area (Å²) in [5.74, 6) is -3.15. The van der Waals surface area contributed by atoms with E-state index < -0.39 is 28.9 Å². The lowest BCUT2D eigenvalue weighted by Gasteiger charge is -2.26. The highest BCUT2D eigenvalue weighted by Crippen LogP contribution is 2.23. The van der Waals surface area contributed by atoms with Gasteiger partial charge in [-0.2, -0.15) is 0 Å². The number of nitrogens with two attached hydrogens (primary N) is 1. The molecular weight excluding hydrogens is 214 g/mol. The molecule has 0 aliphatic carbocycles. The Kier molecular flexibility index (Phi) is 4.06. The first kappa shape index (κ1) is 14.4. The van der Waals surface area contributed by atoms with E-state index in [-0.39, 0.29) is 0 Å². The molecule has 0 aliphatic rings. The van der Waals surface area contributed by atoms with E-state index in [1.807, 2.05) is 0 Å². The number of methoxy groups -OCH3 is 1. The summed E-state index contributed by atoms with van der Waals surface area (Å²) in [7, 11) is 1.06. The Morgan fingerprint density at radius 3 is 1.69 bits per heavy atom. The molecule has 0 saturated carbocycles. The van der Waals surface area contributed by atoms with Gasteiger partial charge in [-0.3, -0.25) is 14.4 Å². The molecule has 2 N–H and O–H groups in total. The van der Waals surface area contributed by atoms with Crippen molar-refractivity contribution in [3.05, 3.63) is 0 Å². The lowest BCUT2D eigenvalue weighted by Crippen LogP contribution is -2.50. The lowest BCUT2D eigenvalue weighted by molar-refractivity contribution is -0.178. The summed E-state index contributed by atoms with van der Waals surface area (Å²) in [4.78, 5) is 34.2. The zero-order valence-electron chi connectivity index (χ0n) is 10.1. The third-order valence-corrected chi connectivity index (χ3v) is 1.89. The van der Waals surface area contributed by atoms with Gasteiger partial charge in [-0.15, -0.1) is 0 Å². The van der Waals surface area contributed by atoms with Crippen molar-refractivity contribution in [2.75, 3.05) is 7.11 Å². The van der Waals surface area contributed by atoms with Gasteiger partial charge in [0.25, 0.3) is 0 Å². The number of primary amides is 1. The quantitative estimate of drug-likeness (QED) is 0.544. The minimum Gasteiger partial charge on any atom is -0.468 e. The highest BCUT2D eigenvalue weighted by atomic mass is 16.6. The van der Waals surface area contributed by atoms with Crippen LogP contribution in [0.2, 0.25) is 0 Å². The molecule has 0 aromatic heterocycles. The normalized spacial score (nSPS) is 14.8. The molecule has 0 fully saturated rings. The number of rotatable bonds is 3. The van der Waals surface area contributed by atoms with Crippen LogP contribution in [-0.4, -0.2) is 30.6 Å². The van der Waals surface area contributed by atoms with Crippen molar-refractivity contribution < 1.29 is 23.9 Å². The minimum absolute atomic E-state index is 0.818. The van der Waals surface area contributed by atoms with E-state index in [1.54, 1.807) is 20.8 Å². The first-order chi connectivity index (χ1) is 7.05. The molecule has 16 heavy (non-hydrogen) atoms. The average Bonchev–Trinajstić information content (AvgIpc) is 2.11. The van der Waals surface area contributed by atoms with Gasteiger partial charge in [0.2, 0.25) is 11.3 Å². The largest absolute Gasteiger partial charge is 0.468 e. The molecule has 0 aromatic rings. The summed E-state index contributed by atoms with van der Waals surface area (Å²) in [6.45, 7) is 5.92. The molecular formula is C10H17NO5. The van der Waals surface area contributed by atoms with E-state index in [0.717, 1.165) is 14.0 Å². The van der Waals surface area contributed by atoms with Gasteiger partial charge in [0, 0.05) is 0 Å². The van der Waals surface area contributed by atoms with Gasteiger partial charge in [0.15, 0.2) is 0 Å². The fourth-order valence-electron chi connectivity index (χ4n) is 0.869. The summed E-state index contributed by atoms with van der Waals surface area (Å²) in [5.41, 5.74) is 2.10. The molecule has 0 spiro atoms. The molecule has 0 aliphatic heterocycles. The fourth-order valence-corrected chi connectivity index (χ4v) is 0.869. The number of carbonyl (C=O) groups is 3. The highest BCUT2D eigenvalue weighted by molar-refractivity contribution is 6.18. The van der Waals surface area contributed by atoms with Gasteiger partial charge in [-0.25, -0.2) is 0 Å².